The molecule has 0 aliphatic carbocycles. The summed E-state index contributed by atoms with van der Waals surface area (Å²) in [4.78, 5) is 20.7. The number of aromatic nitrogens is 4. The third-order valence-electron chi connectivity index (χ3n) is 4.52. The molecule has 29 heavy (non-hydrogen) atoms. The van der Waals surface area contributed by atoms with E-state index in [0.717, 1.165) is 48.9 Å². The van der Waals surface area contributed by atoms with E-state index in [1.54, 1.807) is 27.2 Å². The Balaban J connectivity index is 0.000000353. The fourth-order valence-electron chi connectivity index (χ4n) is 2.86. The van der Waals surface area contributed by atoms with Gasteiger partial charge in [-0.1, -0.05) is 13.8 Å². The van der Waals surface area contributed by atoms with E-state index in [0.29, 0.717) is 5.88 Å². The standard InChI is InChI=1S/C16H18N6O.C4H8O2/c1-23-16-12(3-2-6-18-16)13-11-19-14-4-5-15(20-22(13)14)21-9-7-17-8-10-21;1-3(2)4(5)6/h2-6,11,17H,7-10H2,1H3;3H,1-2H3,(H,5,6). The van der Waals surface area contributed by atoms with Gasteiger partial charge in [0.05, 0.1) is 30.5 Å². The van der Waals surface area contributed by atoms with E-state index in [1.165, 1.54) is 0 Å². The van der Waals surface area contributed by atoms with Crippen molar-refractivity contribution in [1.29, 1.82) is 0 Å². The van der Waals surface area contributed by atoms with E-state index < -0.39 is 5.97 Å². The second-order valence-electron chi connectivity index (χ2n) is 6.90. The van der Waals surface area contributed by atoms with Gasteiger partial charge in [0.2, 0.25) is 5.88 Å². The quantitative estimate of drug-likeness (QED) is 0.687. The van der Waals surface area contributed by atoms with Crippen molar-refractivity contribution in [2.75, 3.05) is 38.2 Å². The summed E-state index contributed by atoms with van der Waals surface area (Å²) in [5.74, 6) is 0.560. The Morgan fingerprint density at radius 3 is 2.59 bits per heavy atom. The number of aliphatic carboxylic acids is 1. The third-order valence-corrected chi connectivity index (χ3v) is 4.52. The first-order valence-electron chi connectivity index (χ1n) is 9.54. The van der Waals surface area contributed by atoms with Crippen molar-refractivity contribution in [2.45, 2.75) is 13.8 Å². The molecule has 1 fully saturated rings. The molecule has 3 aromatic rings. The van der Waals surface area contributed by atoms with Crippen LogP contribution in [0.1, 0.15) is 13.8 Å². The molecule has 1 aliphatic rings. The number of piperazine rings is 1. The highest BCUT2D eigenvalue weighted by Crippen LogP contribution is 2.28. The fraction of sp³-hybridized carbons (Fsp3) is 0.400. The number of nitrogens with zero attached hydrogens (tertiary/aromatic N) is 5. The summed E-state index contributed by atoms with van der Waals surface area (Å²) < 4.78 is 7.22. The summed E-state index contributed by atoms with van der Waals surface area (Å²) in [6, 6.07) is 7.88. The number of nitrogens with one attached hydrogen (secondary N) is 1. The van der Waals surface area contributed by atoms with Gasteiger partial charge in [-0.2, -0.15) is 0 Å². The summed E-state index contributed by atoms with van der Waals surface area (Å²) in [5, 5.41) is 16.1. The van der Waals surface area contributed by atoms with Crippen LogP contribution in [0.5, 0.6) is 5.88 Å². The number of carbonyl (C=O) groups is 1. The van der Waals surface area contributed by atoms with E-state index in [-0.39, 0.29) is 5.92 Å². The lowest BCUT2D eigenvalue weighted by Crippen LogP contribution is -2.44. The van der Waals surface area contributed by atoms with Gasteiger partial charge in [-0.05, 0) is 24.3 Å². The van der Waals surface area contributed by atoms with Gasteiger partial charge < -0.3 is 20.1 Å². The lowest BCUT2D eigenvalue weighted by molar-refractivity contribution is -0.140. The van der Waals surface area contributed by atoms with Crippen molar-refractivity contribution in [3.8, 4) is 17.1 Å². The molecular weight excluding hydrogens is 372 g/mol. The molecule has 9 nitrogen and oxygen atoms in total. The maximum atomic E-state index is 9.70. The van der Waals surface area contributed by atoms with Crippen molar-refractivity contribution >= 4 is 17.4 Å². The van der Waals surface area contributed by atoms with Crippen LogP contribution in [0.25, 0.3) is 16.9 Å². The smallest absolute Gasteiger partial charge is 0.305 e. The van der Waals surface area contributed by atoms with Crippen LogP contribution in [0, 0.1) is 5.92 Å². The molecule has 0 atom stereocenters. The van der Waals surface area contributed by atoms with Gasteiger partial charge in [-0.3, -0.25) is 4.79 Å². The van der Waals surface area contributed by atoms with E-state index in [4.69, 9.17) is 14.9 Å². The number of carboxylic acid groups (broad SMARTS) is 1. The van der Waals surface area contributed by atoms with Gasteiger partial charge in [0.15, 0.2) is 5.65 Å². The minimum absolute atomic E-state index is 0.231. The van der Waals surface area contributed by atoms with Crippen molar-refractivity contribution < 1.29 is 14.6 Å². The second kappa shape index (κ2) is 9.33. The van der Waals surface area contributed by atoms with Crippen LogP contribution < -0.4 is 15.0 Å². The average Bonchev–Trinajstić information content (AvgIpc) is 3.17. The number of fused-ring (bicyclic) bond motifs is 1. The number of methoxy groups -OCH3 is 1. The number of hydrogen-bond acceptors (Lipinski definition) is 7. The van der Waals surface area contributed by atoms with Crippen LogP contribution in [0.2, 0.25) is 0 Å². The summed E-state index contributed by atoms with van der Waals surface area (Å²) in [6.07, 6.45) is 3.52. The van der Waals surface area contributed by atoms with E-state index in [2.05, 4.69) is 20.2 Å². The summed E-state index contributed by atoms with van der Waals surface area (Å²) in [6.45, 7) is 7.15. The number of hydrogen-bond donors (Lipinski definition) is 2. The van der Waals surface area contributed by atoms with E-state index >= 15 is 0 Å². The molecule has 0 bridgehead atoms. The maximum Gasteiger partial charge on any atom is 0.305 e. The molecule has 1 aliphatic heterocycles. The Labute approximate surface area is 169 Å². The lowest BCUT2D eigenvalue weighted by atomic mass is 10.2. The van der Waals surface area contributed by atoms with E-state index in [9.17, 15) is 4.79 Å². The van der Waals surface area contributed by atoms with Crippen LogP contribution in [0.4, 0.5) is 5.82 Å². The molecule has 3 aromatic heterocycles. The first-order valence-corrected chi connectivity index (χ1v) is 9.54. The highest BCUT2D eigenvalue weighted by atomic mass is 16.5. The molecule has 0 aromatic carbocycles. The summed E-state index contributed by atoms with van der Waals surface area (Å²) >= 11 is 0. The zero-order valence-electron chi connectivity index (χ0n) is 16.9. The highest BCUT2D eigenvalue weighted by molar-refractivity contribution is 5.69. The minimum Gasteiger partial charge on any atom is -0.481 e. The van der Waals surface area contributed by atoms with Gasteiger partial charge in [-0.15, -0.1) is 5.10 Å². The fourth-order valence-corrected chi connectivity index (χ4v) is 2.86. The second-order valence-corrected chi connectivity index (χ2v) is 6.90. The maximum absolute atomic E-state index is 9.70. The summed E-state index contributed by atoms with van der Waals surface area (Å²) in [5.41, 5.74) is 2.57. The van der Waals surface area contributed by atoms with Crippen LogP contribution in [0.15, 0.2) is 36.7 Å². The zero-order chi connectivity index (χ0) is 20.8. The average molecular weight is 398 g/mol. The molecule has 0 unspecified atom stereocenters. The first-order chi connectivity index (χ1) is 14.0. The monoisotopic (exact) mass is 398 g/mol. The summed E-state index contributed by atoms with van der Waals surface area (Å²) in [7, 11) is 1.62. The van der Waals surface area contributed by atoms with Gasteiger partial charge in [-0.25, -0.2) is 14.5 Å². The minimum atomic E-state index is -0.741. The number of rotatable bonds is 4. The van der Waals surface area contributed by atoms with Crippen LogP contribution in [-0.4, -0.2) is 63.9 Å². The molecule has 2 N–H and O–H groups in total. The van der Waals surface area contributed by atoms with Crippen molar-refractivity contribution in [1.82, 2.24) is 24.9 Å². The number of carboxylic acids is 1. The molecule has 0 saturated carbocycles. The van der Waals surface area contributed by atoms with Crippen molar-refractivity contribution in [3.63, 3.8) is 0 Å². The number of pyridine rings is 1. The number of imidazole rings is 1. The largest absolute Gasteiger partial charge is 0.481 e. The Bertz CT molecular complexity index is 966. The molecule has 9 heteroatoms. The predicted octanol–water partition coefficient (Wildman–Crippen LogP) is 1.94. The van der Waals surface area contributed by atoms with Crippen LogP contribution in [-0.2, 0) is 4.79 Å². The molecule has 154 valence electrons. The zero-order valence-corrected chi connectivity index (χ0v) is 16.9. The number of anilines is 1. The van der Waals surface area contributed by atoms with Crippen molar-refractivity contribution in [3.05, 3.63) is 36.7 Å². The van der Waals surface area contributed by atoms with Gasteiger partial charge in [0.25, 0.3) is 0 Å². The molecule has 0 amide bonds. The first kappa shape index (κ1) is 20.5. The molecule has 4 rings (SSSR count). The SMILES string of the molecule is CC(C)C(=O)O.COc1ncccc1-c1cnc2ccc(N3CCNCC3)nn12. The Hall–Kier alpha value is -3.20. The molecule has 1 saturated heterocycles. The predicted molar refractivity (Wildman–Crippen MR) is 110 cm³/mol. The third kappa shape index (κ3) is 4.80. The molecular formula is C20H26N6O3. The van der Waals surface area contributed by atoms with Gasteiger partial charge >= 0.3 is 5.97 Å². The van der Waals surface area contributed by atoms with Gasteiger partial charge in [0, 0.05) is 32.4 Å². The number of ether oxygens (including phenoxy) is 1. The van der Waals surface area contributed by atoms with Crippen LogP contribution >= 0.6 is 0 Å². The van der Waals surface area contributed by atoms with E-state index in [1.807, 2.05) is 35.0 Å². The van der Waals surface area contributed by atoms with Crippen molar-refractivity contribution in [2.24, 2.45) is 5.92 Å². The highest BCUT2D eigenvalue weighted by Gasteiger charge is 2.16. The normalized spacial score (nSPS) is 13.9. The lowest BCUT2D eigenvalue weighted by Gasteiger charge is -2.28. The Morgan fingerprint density at radius 1 is 1.21 bits per heavy atom. The Morgan fingerprint density at radius 2 is 1.93 bits per heavy atom. The molecule has 4 heterocycles. The molecule has 0 spiro atoms. The molecule has 0 radical (unpaired) electrons. The van der Waals surface area contributed by atoms with Crippen LogP contribution in [0.3, 0.4) is 0 Å². The Kier molecular flexibility index (Phi) is 6.61. The topological polar surface area (TPSA) is 105 Å². The van der Waals surface area contributed by atoms with Gasteiger partial charge in [0.1, 0.15) is 5.82 Å².